The van der Waals surface area contributed by atoms with Crippen LogP contribution in [0, 0.1) is 25.2 Å². The fraction of sp³-hybridized carbons (Fsp3) is 0.150. The number of amides is 1. The Bertz CT molecular complexity index is 1380. The maximum absolute atomic E-state index is 12.5. The topological polar surface area (TPSA) is 142 Å². The third kappa shape index (κ3) is 4.29. The van der Waals surface area contributed by atoms with Crippen molar-refractivity contribution in [2.45, 2.75) is 19.0 Å². The molecule has 10 nitrogen and oxygen atoms in total. The molecule has 4 aromatic rings. The Morgan fingerprint density at radius 2 is 1.97 bits per heavy atom. The van der Waals surface area contributed by atoms with Crippen LogP contribution < -0.4 is 10.9 Å². The quantitative estimate of drug-likeness (QED) is 0.361. The van der Waals surface area contributed by atoms with Crippen molar-refractivity contribution in [3.05, 3.63) is 63.8 Å². The summed E-state index contributed by atoms with van der Waals surface area (Å²) in [6.07, 6.45) is 1.40. The molecule has 1 aromatic carbocycles. The van der Waals surface area contributed by atoms with E-state index in [4.69, 9.17) is 5.26 Å². The normalized spacial score (nSPS) is 10.7. The summed E-state index contributed by atoms with van der Waals surface area (Å²) >= 11 is 1.06. The van der Waals surface area contributed by atoms with E-state index in [1.54, 1.807) is 24.3 Å². The van der Waals surface area contributed by atoms with Gasteiger partial charge in [0.15, 0.2) is 10.8 Å². The smallest absolute Gasteiger partial charge is 0.262 e. The highest BCUT2D eigenvalue weighted by Crippen LogP contribution is 2.18. The lowest BCUT2D eigenvalue weighted by Gasteiger charge is -2.07. The molecule has 1 amide bonds. The van der Waals surface area contributed by atoms with Crippen LogP contribution in [0.2, 0.25) is 0 Å². The highest BCUT2D eigenvalue weighted by molar-refractivity contribution is 7.99. The first-order valence-corrected chi connectivity index (χ1v) is 10.2. The summed E-state index contributed by atoms with van der Waals surface area (Å²) in [6, 6.07) is 10.6. The monoisotopic (exact) mass is 432 g/mol. The Kier molecular flexibility index (Phi) is 5.46. The Balaban J connectivity index is 1.58. The largest absolute Gasteiger partial charge is 0.324 e. The number of nitrogens with one attached hydrogen (secondary N) is 2. The Hall–Kier alpha value is -4.04. The summed E-state index contributed by atoms with van der Waals surface area (Å²) in [7, 11) is 0. The van der Waals surface area contributed by atoms with Crippen molar-refractivity contribution < 1.29 is 4.79 Å². The fourth-order valence-electron chi connectivity index (χ4n) is 2.92. The van der Waals surface area contributed by atoms with Gasteiger partial charge in [-0.15, -0.1) is 0 Å². The number of para-hydroxylation sites is 1. The number of anilines is 1. The predicted octanol–water partition coefficient (Wildman–Crippen LogP) is 2.12. The van der Waals surface area contributed by atoms with Crippen LogP contribution in [0.15, 0.2) is 46.5 Å². The van der Waals surface area contributed by atoms with E-state index in [1.807, 2.05) is 26.0 Å². The molecule has 0 fully saturated rings. The number of benzene rings is 1. The summed E-state index contributed by atoms with van der Waals surface area (Å²) in [6.45, 7) is 3.68. The minimum atomic E-state index is -0.377. The zero-order valence-electron chi connectivity index (χ0n) is 16.6. The second-order valence-electron chi connectivity index (χ2n) is 6.61. The number of hydrogen-bond donors (Lipinski definition) is 2. The number of carbonyl (C=O) groups is 1. The summed E-state index contributed by atoms with van der Waals surface area (Å²) in [5.74, 6) is -0.0310. The molecule has 0 aliphatic heterocycles. The Morgan fingerprint density at radius 3 is 2.71 bits per heavy atom. The van der Waals surface area contributed by atoms with Crippen LogP contribution in [0.5, 0.6) is 0 Å². The number of hydrogen-bond acceptors (Lipinski definition) is 8. The number of rotatable bonds is 5. The molecule has 3 aromatic heterocycles. The number of thioether (sulfide) groups is 1. The zero-order chi connectivity index (χ0) is 22.0. The van der Waals surface area contributed by atoms with Gasteiger partial charge in [0.1, 0.15) is 11.5 Å². The van der Waals surface area contributed by atoms with E-state index in [1.165, 1.54) is 10.9 Å². The number of aryl methyl sites for hydroxylation is 2. The van der Waals surface area contributed by atoms with Gasteiger partial charge in [-0.1, -0.05) is 23.9 Å². The predicted molar refractivity (Wildman–Crippen MR) is 115 cm³/mol. The van der Waals surface area contributed by atoms with Crippen LogP contribution in [-0.2, 0) is 4.79 Å². The summed E-state index contributed by atoms with van der Waals surface area (Å²) in [5.41, 5.74) is 2.24. The molecule has 0 saturated heterocycles. The van der Waals surface area contributed by atoms with Crippen LogP contribution >= 0.6 is 11.8 Å². The van der Waals surface area contributed by atoms with Gasteiger partial charge in [-0.25, -0.2) is 15.0 Å². The molecule has 0 atom stereocenters. The average molecular weight is 432 g/mol. The molecule has 0 saturated carbocycles. The first kappa shape index (κ1) is 20.2. The molecule has 0 aliphatic rings. The molecular formula is C20H16N8O2S. The van der Waals surface area contributed by atoms with Gasteiger partial charge in [-0.2, -0.15) is 15.0 Å². The maximum atomic E-state index is 12.5. The van der Waals surface area contributed by atoms with E-state index in [0.29, 0.717) is 28.2 Å². The van der Waals surface area contributed by atoms with E-state index in [0.717, 1.165) is 23.1 Å². The number of fused-ring (bicyclic) bond motifs is 1. The molecular weight excluding hydrogens is 416 g/mol. The van der Waals surface area contributed by atoms with E-state index in [-0.39, 0.29) is 22.4 Å². The summed E-state index contributed by atoms with van der Waals surface area (Å²) in [5, 5.41) is 16.6. The van der Waals surface area contributed by atoms with Gasteiger partial charge < -0.3 is 10.3 Å². The second kappa shape index (κ2) is 8.37. The first-order valence-electron chi connectivity index (χ1n) is 9.17. The number of carbonyl (C=O) groups excluding carboxylic acids is 1. The standard InChI is InChI=1S/C20H16N8O2S/c1-11-7-12(2)24-19(23-11)28-17-14(9-22-28)18(30)27-20(26-17)31-10-16(29)25-15-6-4-3-5-13(15)8-21/h3-7,9H,10H2,1-2H3,(H,25,29)(H,26,27,30). The van der Waals surface area contributed by atoms with E-state index < -0.39 is 0 Å². The average Bonchev–Trinajstić information content (AvgIpc) is 3.16. The van der Waals surface area contributed by atoms with Crippen LogP contribution in [0.3, 0.4) is 0 Å². The molecule has 0 spiro atoms. The number of aromatic nitrogens is 6. The van der Waals surface area contributed by atoms with E-state index in [2.05, 4.69) is 30.4 Å². The molecule has 2 N–H and O–H groups in total. The molecule has 0 bridgehead atoms. The van der Waals surface area contributed by atoms with Gasteiger partial charge in [0, 0.05) is 11.4 Å². The molecule has 0 aliphatic carbocycles. The molecule has 0 radical (unpaired) electrons. The maximum Gasteiger partial charge on any atom is 0.262 e. The van der Waals surface area contributed by atoms with E-state index in [9.17, 15) is 9.59 Å². The van der Waals surface area contributed by atoms with Crippen molar-refractivity contribution in [1.29, 1.82) is 5.26 Å². The molecule has 4 rings (SSSR count). The van der Waals surface area contributed by atoms with Crippen molar-refractivity contribution in [3.63, 3.8) is 0 Å². The van der Waals surface area contributed by atoms with Crippen LogP contribution in [-0.4, -0.2) is 41.4 Å². The van der Waals surface area contributed by atoms with Crippen molar-refractivity contribution >= 4 is 34.4 Å². The van der Waals surface area contributed by atoms with Gasteiger partial charge in [0.25, 0.3) is 11.5 Å². The van der Waals surface area contributed by atoms with Gasteiger partial charge in [-0.05, 0) is 32.0 Å². The van der Waals surface area contributed by atoms with Crippen LogP contribution in [0.1, 0.15) is 17.0 Å². The van der Waals surface area contributed by atoms with Crippen molar-refractivity contribution in [1.82, 2.24) is 29.7 Å². The highest BCUT2D eigenvalue weighted by Gasteiger charge is 2.15. The van der Waals surface area contributed by atoms with Crippen LogP contribution in [0.4, 0.5) is 5.69 Å². The molecule has 11 heteroatoms. The molecule has 3 heterocycles. The van der Waals surface area contributed by atoms with Gasteiger partial charge in [0.05, 0.1) is 23.2 Å². The fourth-order valence-corrected chi connectivity index (χ4v) is 3.58. The molecule has 31 heavy (non-hydrogen) atoms. The third-order valence-electron chi connectivity index (χ3n) is 4.24. The molecule has 0 unspecified atom stereocenters. The zero-order valence-corrected chi connectivity index (χ0v) is 17.4. The van der Waals surface area contributed by atoms with Gasteiger partial charge in [-0.3, -0.25) is 9.59 Å². The van der Waals surface area contributed by atoms with E-state index >= 15 is 0 Å². The number of nitriles is 1. The van der Waals surface area contributed by atoms with Crippen molar-refractivity contribution in [2.24, 2.45) is 0 Å². The Morgan fingerprint density at radius 1 is 1.23 bits per heavy atom. The minimum absolute atomic E-state index is 0.0115. The third-order valence-corrected chi connectivity index (χ3v) is 5.11. The SMILES string of the molecule is Cc1cc(C)nc(-n2ncc3c(=O)[nH]c(SCC(=O)Nc4ccccc4C#N)nc32)n1. The highest BCUT2D eigenvalue weighted by atomic mass is 32.2. The van der Waals surface area contributed by atoms with Crippen molar-refractivity contribution in [3.8, 4) is 12.0 Å². The second-order valence-corrected chi connectivity index (χ2v) is 7.57. The summed E-state index contributed by atoms with van der Waals surface area (Å²) < 4.78 is 1.40. The lowest BCUT2D eigenvalue weighted by molar-refractivity contribution is -0.113. The molecule has 154 valence electrons. The lowest BCUT2D eigenvalue weighted by atomic mass is 10.2. The van der Waals surface area contributed by atoms with Crippen molar-refractivity contribution in [2.75, 3.05) is 11.1 Å². The van der Waals surface area contributed by atoms with Crippen LogP contribution in [0.25, 0.3) is 17.0 Å². The van der Waals surface area contributed by atoms with Gasteiger partial charge >= 0.3 is 0 Å². The lowest BCUT2D eigenvalue weighted by Crippen LogP contribution is -2.16. The first-order chi connectivity index (χ1) is 14.9. The van der Waals surface area contributed by atoms with Gasteiger partial charge in [0.2, 0.25) is 5.91 Å². The number of H-pyrrole nitrogens is 1. The number of nitrogens with zero attached hydrogens (tertiary/aromatic N) is 6. The Labute approximate surface area is 180 Å². The summed E-state index contributed by atoms with van der Waals surface area (Å²) in [4.78, 5) is 40.6. The number of aromatic amines is 1. The minimum Gasteiger partial charge on any atom is -0.324 e.